The highest BCUT2D eigenvalue weighted by Crippen LogP contribution is 2.22. The fourth-order valence-corrected chi connectivity index (χ4v) is 2.42. The van der Waals surface area contributed by atoms with Gasteiger partial charge in [-0.15, -0.1) is 0 Å². The molecule has 0 fully saturated rings. The number of thiocarbonyl (C=S) groups is 1. The second-order valence-electron chi connectivity index (χ2n) is 4.22. The maximum Gasteiger partial charge on any atom is 0.242 e. The van der Waals surface area contributed by atoms with Crippen molar-refractivity contribution in [3.63, 3.8) is 0 Å². The van der Waals surface area contributed by atoms with Crippen LogP contribution in [0.4, 0.5) is 5.69 Å². The van der Waals surface area contributed by atoms with E-state index in [9.17, 15) is 4.79 Å². The lowest BCUT2D eigenvalue weighted by atomic mass is 10.2. The Labute approximate surface area is 127 Å². The van der Waals surface area contributed by atoms with Gasteiger partial charge < -0.3 is 16.4 Å². The molecule has 0 saturated heterocycles. The van der Waals surface area contributed by atoms with Gasteiger partial charge in [0.15, 0.2) is 0 Å². The number of benzene rings is 1. The van der Waals surface area contributed by atoms with Gasteiger partial charge in [-0.25, -0.2) is 0 Å². The zero-order valence-electron chi connectivity index (χ0n) is 11.0. The molecule has 1 unspecified atom stereocenters. The molecule has 1 atom stereocenters. The van der Waals surface area contributed by atoms with Crippen molar-refractivity contribution in [2.75, 3.05) is 11.9 Å². The number of anilines is 1. The Hall–Kier alpha value is -1.14. The van der Waals surface area contributed by atoms with Gasteiger partial charge in [0.05, 0.1) is 0 Å². The second-order valence-corrected chi connectivity index (χ2v) is 5.51. The lowest BCUT2D eigenvalue weighted by Gasteiger charge is -2.16. The third-order valence-corrected chi connectivity index (χ3v) is 3.44. The van der Waals surface area contributed by atoms with Crippen molar-refractivity contribution in [3.8, 4) is 0 Å². The predicted octanol–water partition coefficient (Wildman–Crippen LogP) is 2.41. The highest BCUT2D eigenvalue weighted by atomic mass is 79.9. The first-order chi connectivity index (χ1) is 8.95. The summed E-state index contributed by atoms with van der Waals surface area (Å²) in [5.41, 5.74) is 7.21. The summed E-state index contributed by atoms with van der Waals surface area (Å²) in [6.45, 7) is 4.53. The van der Waals surface area contributed by atoms with Crippen LogP contribution in [0.2, 0.25) is 0 Å². The summed E-state index contributed by atoms with van der Waals surface area (Å²) in [6, 6.07) is 5.24. The van der Waals surface area contributed by atoms with E-state index < -0.39 is 0 Å². The van der Waals surface area contributed by atoms with Crippen LogP contribution in [-0.2, 0) is 4.79 Å². The molecule has 4 N–H and O–H groups in total. The fourth-order valence-electron chi connectivity index (χ4n) is 1.52. The first-order valence-corrected chi connectivity index (χ1v) is 7.29. The molecule has 19 heavy (non-hydrogen) atoms. The molecule has 1 aromatic rings. The number of hydrogen-bond acceptors (Lipinski definition) is 3. The molecular formula is C13H18BrN3OS. The van der Waals surface area contributed by atoms with Crippen LogP contribution < -0.4 is 16.4 Å². The van der Waals surface area contributed by atoms with Crippen molar-refractivity contribution in [1.82, 2.24) is 5.32 Å². The molecule has 0 aliphatic carbocycles. The van der Waals surface area contributed by atoms with Gasteiger partial charge in [-0.1, -0.05) is 19.1 Å². The van der Waals surface area contributed by atoms with E-state index in [1.165, 1.54) is 0 Å². The monoisotopic (exact) mass is 343 g/mol. The van der Waals surface area contributed by atoms with Gasteiger partial charge in [0.2, 0.25) is 5.91 Å². The van der Waals surface area contributed by atoms with E-state index in [4.69, 9.17) is 18.0 Å². The molecule has 0 radical (unpaired) electrons. The summed E-state index contributed by atoms with van der Waals surface area (Å²) in [4.78, 5) is 12.1. The molecule has 0 aliphatic heterocycles. The molecule has 0 bridgehead atoms. The lowest BCUT2D eigenvalue weighted by Crippen LogP contribution is -2.37. The molecule has 0 spiro atoms. The number of rotatable bonds is 6. The largest absolute Gasteiger partial charge is 0.389 e. The highest BCUT2D eigenvalue weighted by Gasteiger charge is 2.12. The van der Waals surface area contributed by atoms with E-state index in [2.05, 4.69) is 26.6 Å². The van der Waals surface area contributed by atoms with Crippen molar-refractivity contribution in [2.45, 2.75) is 26.3 Å². The van der Waals surface area contributed by atoms with Gasteiger partial charge in [0.25, 0.3) is 0 Å². The Morgan fingerprint density at radius 2 is 2.21 bits per heavy atom. The van der Waals surface area contributed by atoms with E-state index in [-0.39, 0.29) is 11.9 Å². The van der Waals surface area contributed by atoms with Crippen LogP contribution in [0, 0.1) is 0 Å². The molecule has 0 heterocycles. The minimum Gasteiger partial charge on any atom is -0.389 e. The summed E-state index contributed by atoms with van der Waals surface area (Å²) in [7, 11) is 0. The molecule has 0 aromatic heterocycles. The number of halogens is 1. The van der Waals surface area contributed by atoms with Gasteiger partial charge in [-0.05, 0) is 47.5 Å². The summed E-state index contributed by atoms with van der Waals surface area (Å²) in [6.07, 6.45) is 0.923. The topological polar surface area (TPSA) is 67.2 Å². The number of amides is 1. The summed E-state index contributed by atoms with van der Waals surface area (Å²) >= 11 is 8.34. The number of hydrogen-bond donors (Lipinski definition) is 3. The standard InChI is InChI=1S/C13H18BrN3OS/c1-3-6-16-13(18)8(2)17-9-4-5-10(12(15)19)11(14)7-9/h4-5,7-8,17H,3,6H2,1-2H3,(H2,15,19)(H,16,18). The maximum absolute atomic E-state index is 11.7. The quantitative estimate of drug-likeness (QED) is 0.694. The van der Waals surface area contributed by atoms with Crippen molar-refractivity contribution < 1.29 is 4.79 Å². The highest BCUT2D eigenvalue weighted by molar-refractivity contribution is 9.10. The van der Waals surface area contributed by atoms with Crippen LogP contribution >= 0.6 is 28.1 Å². The molecule has 104 valence electrons. The first-order valence-electron chi connectivity index (χ1n) is 6.09. The van der Waals surface area contributed by atoms with Gasteiger partial charge in [0, 0.05) is 22.3 Å². The average Bonchev–Trinajstić information content (AvgIpc) is 2.35. The molecule has 1 aromatic carbocycles. The zero-order chi connectivity index (χ0) is 14.4. The van der Waals surface area contributed by atoms with Crippen LogP contribution in [0.3, 0.4) is 0 Å². The SMILES string of the molecule is CCCNC(=O)C(C)Nc1ccc(C(N)=S)c(Br)c1. The van der Waals surface area contributed by atoms with E-state index >= 15 is 0 Å². The van der Waals surface area contributed by atoms with Gasteiger partial charge in [-0.3, -0.25) is 4.79 Å². The summed E-state index contributed by atoms with van der Waals surface area (Å²) in [5.74, 6) is -0.0172. The molecule has 6 heteroatoms. The van der Waals surface area contributed by atoms with Crippen molar-refractivity contribution in [2.24, 2.45) is 5.73 Å². The second kappa shape index (κ2) is 7.45. The van der Waals surface area contributed by atoms with E-state index in [0.717, 1.165) is 22.1 Å². The normalized spacial score (nSPS) is 11.7. The van der Waals surface area contributed by atoms with Crippen LogP contribution in [0.15, 0.2) is 22.7 Å². The zero-order valence-corrected chi connectivity index (χ0v) is 13.4. The number of nitrogens with two attached hydrogens (primary N) is 1. The van der Waals surface area contributed by atoms with Gasteiger partial charge in [-0.2, -0.15) is 0 Å². The number of nitrogens with one attached hydrogen (secondary N) is 2. The molecule has 4 nitrogen and oxygen atoms in total. The molecule has 0 aliphatic rings. The Balaban J connectivity index is 2.69. The third kappa shape index (κ3) is 4.80. The van der Waals surface area contributed by atoms with Gasteiger partial charge in [0.1, 0.15) is 11.0 Å². The van der Waals surface area contributed by atoms with Crippen LogP contribution in [0.5, 0.6) is 0 Å². The Morgan fingerprint density at radius 3 is 2.74 bits per heavy atom. The van der Waals surface area contributed by atoms with Gasteiger partial charge >= 0.3 is 0 Å². The van der Waals surface area contributed by atoms with Crippen molar-refractivity contribution >= 4 is 44.7 Å². The molecule has 0 saturated carbocycles. The smallest absolute Gasteiger partial charge is 0.242 e. The van der Waals surface area contributed by atoms with Crippen molar-refractivity contribution in [1.29, 1.82) is 0 Å². The minimum atomic E-state index is -0.297. The van der Waals surface area contributed by atoms with E-state index in [1.807, 2.05) is 32.0 Å². The number of carbonyl (C=O) groups excluding carboxylic acids is 1. The van der Waals surface area contributed by atoms with Crippen LogP contribution in [0.25, 0.3) is 0 Å². The Bertz CT molecular complexity index is 479. The number of carbonyl (C=O) groups is 1. The van der Waals surface area contributed by atoms with Crippen molar-refractivity contribution in [3.05, 3.63) is 28.2 Å². The van der Waals surface area contributed by atoms with E-state index in [1.54, 1.807) is 0 Å². The molecule has 1 rings (SSSR count). The fraction of sp³-hybridized carbons (Fsp3) is 0.385. The molecular weight excluding hydrogens is 326 g/mol. The third-order valence-electron chi connectivity index (χ3n) is 2.56. The average molecular weight is 344 g/mol. The minimum absolute atomic E-state index is 0.0172. The Morgan fingerprint density at radius 1 is 1.53 bits per heavy atom. The summed E-state index contributed by atoms with van der Waals surface area (Å²) < 4.78 is 0.811. The van der Waals surface area contributed by atoms with Crippen LogP contribution in [0.1, 0.15) is 25.8 Å². The summed E-state index contributed by atoms with van der Waals surface area (Å²) in [5, 5.41) is 5.97. The first kappa shape index (κ1) is 15.9. The predicted molar refractivity (Wildman–Crippen MR) is 86.4 cm³/mol. The Kier molecular flexibility index (Phi) is 6.24. The van der Waals surface area contributed by atoms with E-state index in [0.29, 0.717) is 11.5 Å². The lowest BCUT2D eigenvalue weighted by molar-refractivity contribution is -0.121. The maximum atomic E-state index is 11.7. The molecule has 1 amide bonds. The van der Waals surface area contributed by atoms with Crippen LogP contribution in [-0.4, -0.2) is 23.5 Å².